The maximum atomic E-state index is 11.6. The molecule has 5 heteroatoms. The Morgan fingerprint density at radius 1 is 1.37 bits per heavy atom. The Morgan fingerprint density at radius 2 is 2.11 bits per heavy atom. The van der Waals surface area contributed by atoms with Crippen molar-refractivity contribution in [3.63, 3.8) is 0 Å². The molecule has 4 nitrogen and oxygen atoms in total. The number of carbonyl (C=O) groups excluding carboxylic acids is 1. The topological polar surface area (TPSA) is 44.4 Å². The van der Waals surface area contributed by atoms with Crippen LogP contribution in [0, 0.1) is 5.92 Å². The van der Waals surface area contributed by atoms with Crippen LogP contribution in [0.2, 0.25) is 0 Å². The maximum absolute atomic E-state index is 11.6. The van der Waals surface area contributed by atoms with Crippen LogP contribution in [-0.2, 0) is 4.79 Å². The number of rotatable bonds is 9. The molecule has 1 heterocycles. The van der Waals surface area contributed by atoms with Gasteiger partial charge in [0.1, 0.15) is 0 Å². The number of piperazine rings is 1. The fourth-order valence-electron chi connectivity index (χ4n) is 2.00. The van der Waals surface area contributed by atoms with Crippen molar-refractivity contribution in [1.29, 1.82) is 0 Å². The summed E-state index contributed by atoms with van der Waals surface area (Å²) in [4.78, 5) is 14.0. The highest BCUT2D eigenvalue weighted by Gasteiger charge is 2.08. The first-order valence-corrected chi connectivity index (χ1v) is 8.61. The van der Waals surface area contributed by atoms with E-state index in [1.165, 1.54) is 6.42 Å². The summed E-state index contributed by atoms with van der Waals surface area (Å²) in [7, 11) is 0. The number of amides is 1. The molecule has 0 bridgehead atoms. The van der Waals surface area contributed by atoms with Crippen LogP contribution in [-0.4, -0.2) is 61.6 Å². The molecule has 19 heavy (non-hydrogen) atoms. The molecule has 1 rings (SSSR count). The average Bonchev–Trinajstić information content (AvgIpc) is 2.41. The minimum Gasteiger partial charge on any atom is -0.355 e. The van der Waals surface area contributed by atoms with Crippen molar-refractivity contribution in [2.24, 2.45) is 5.92 Å². The molecular weight excluding hydrogens is 258 g/mol. The lowest BCUT2D eigenvalue weighted by Crippen LogP contribution is -2.44. The van der Waals surface area contributed by atoms with E-state index in [4.69, 9.17) is 0 Å². The van der Waals surface area contributed by atoms with Gasteiger partial charge < -0.3 is 15.5 Å². The van der Waals surface area contributed by atoms with E-state index in [1.54, 1.807) is 11.8 Å². The van der Waals surface area contributed by atoms with Gasteiger partial charge in [-0.05, 0) is 31.1 Å². The molecular formula is C14H29N3OS. The molecule has 112 valence electrons. The Hall–Kier alpha value is -0.260. The normalized spacial score (nSPS) is 16.8. The average molecular weight is 287 g/mol. The Bertz CT molecular complexity index is 243. The number of nitrogens with one attached hydrogen (secondary N) is 2. The first-order valence-electron chi connectivity index (χ1n) is 7.46. The van der Waals surface area contributed by atoms with Crippen LogP contribution in [0.4, 0.5) is 0 Å². The van der Waals surface area contributed by atoms with Gasteiger partial charge in [-0.2, -0.15) is 11.8 Å². The quantitative estimate of drug-likeness (QED) is 0.625. The second kappa shape index (κ2) is 10.5. The SMILES string of the molecule is CC(C)CCSCC(=O)NCCCN1CCNCC1. The van der Waals surface area contributed by atoms with E-state index in [1.807, 2.05) is 0 Å². The summed E-state index contributed by atoms with van der Waals surface area (Å²) in [5.74, 6) is 2.62. The molecule has 0 aromatic rings. The fraction of sp³-hybridized carbons (Fsp3) is 0.929. The van der Waals surface area contributed by atoms with Gasteiger partial charge in [-0.3, -0.25) is 4.79 Å². The molecule has 1 aliphatic rings. The van der Waals surface area contributed by atoms with E-state index in [2.05, 4.69) is 29.4 Å². The van der Waals surface area contributed by atoms with Crippen molar-refractivity contribution in [2.75, 3.05) is 50.8 Å². The smallest absolute Gasteiger partial charge is 0.229 e. The van der Waals surface area contributed by atoms with Gasteiger partial charge in [-0.15, -0.1) is 0 Å². The van der Waals surface area contributed by atoms with Crippen LogP contribution in [0.5, 0.6) is 0 Å². The van der Waals surface area contributed by atoms with Gasteiger partial charge in [0, 0.05) is 32.7 Å². The summed E-state index contributed by atoms with van der Waals surface area (Å²) in [6.45, 7) is 10.8. The number of carbonyl (C=O) groups is 1. The maximum Gasteiger partial charge on any atom is 0.229 e. The number of hydrogen-bond donors (Lipinski definition) is 2. The zero-order valence-electron chi connectivity index (χ0n) is 12.4. The largest absolute Gasteiger partial charge is 0.355 e. The molecule has 1 aliphatic heterocycles. The summed E-state index contributed by atoms with van der Waals surface area (Å²) in [5.41, 5.74) is 0. The Balaban J connectivity index is 1.89. The van der Waals surface area contributed by atoms with Crippen molar-refractivity contribution in [2.45, 2.75) is 26.7 Å². The van der Waals surface area contributed by atoms with E-state index < -0.39 is 0 Å². The molecule has 1 fully saturated rings. The Kier molecular flexibility index (Phi) is 9.30. The zero-order valence-corrected chi connectivity index (χ0v) is 13.2. The summed E-state index contributed by atoms with van der Waals surface area (Å²) in [5, 5.41) is 6.35. The van der Waals surface area contributed by atoms with E-state index in [9.17, 15) is 4.79 Å². The van der Waals surface area contributed by atoms with Crippen molar-refractivity contribution >= 4 is 17.7 Å². The number of hydrogen-bond acceptors (Lipinski definition) is 4. The van der Waals surface area contributed by atoms with Crippen LogP contribution < -0.4 is 10.6 Å². The van der Waals surface area contributed by atoms with Crippen molar-refractivity contribution < 1.29 is 4.79 Å². The number of nitrogens with zero attached hydrogens (tertiary/aromatic N) is 1. The predicted molar refractivity (Wildman–Crippen MR) is 83.7 cm³/mol. The van der Waals surface area contributed by atoms with Crippen LogP contribution in [0.3, 0.4) is 0 Å². The van der Waals surface area contributed by atoms with Gasteiger partial charge in [0.05, 0.1) is 5.75 Å². The van der Waals surface area contributed by atoms with Gasteiger partial charge in [0.15, 0.2) is 0 Å². The molecule has 0 saturated carbocycles. The van der Waals surface area contributed by atoms with Crippen molar-refractivity contribution in [3.8, 4) is 0 Å². The van der Waals surface area contributed by atoms with Crippen LogP contribution >= 0.6 is 11.8 Å². The lowest BCUT2D eigenvalue weighted by atomic mass is 10.2. The van der Waals surface area contributed by atoms with Crippen LogP contribution in [0.15, 0.2) is 0 Å². The van der Waals surface area contributed by atoms with Gasteiger partial charge in [-0.1, -0.05) is 13.8 Å². The van der Waals surface area contributed by atoms with Gasteiger partial charge in [0.25, 0.3) is 0 Å². The minimum atomic E-state index is 0.189. The van der Waals surface area contributed by atoms with E-state index in [0.717, 1.165) is 57.4 Å². The molecule has 1 saturated heterocycles. The van der Waals surface area contributed by atoms with Crippen LogP contribution in [0.1, 0.15) is 26.7 Å². The van der Waals surface area contributed by atoms with Gasteiger partial charge in [-0.25, -0.2) is 0 Å². The molecule has 0 atom stereocenters. The van der Waals surface area contributed by atoms with Crippen molar-refractivity contribution in [3.05, 3.63) is 0 Å². The molecule has 0 aromatic carbocycles. The molecule has 1 amide bonds. The molecule has 0 aliphatic carbocycles. The first-order chi connectivity index (χ1) is 9.18. The highest BCUT2D eigenvalue weighted by molar-refractivity contribution is 7.99. The lowest BCUT2D eigenvalue weighted by Gasteiger charge is -2.27. The van der Waals surface area contributed by atoms with E-state index in [0.29, 0.717) is 5.75 Å². The fourth-order valence-corrected chi connectivity index (χ4v) is 3.07. The highest BCUT2D eigenvalue weighted by Crippen LogP contribution is 2.08. The van der Waals surface area contributed by atoms with Crippen molar-refractivity contribution in [1.82, 2.24) is 15.5 Å². The standard InChI is InChI=1S/C14H29N3OS/c1-13(2)4-11-19-12-14(18)16-5-3-8-17-9-6-15-7-10-17/h13,15H,3-12H2,1-2H3,(H,16,18). The highest BCUT2D eigenvalue weighted by atomic mass is 32.2. The molecule has 0 radical (unpaired) electrons. The summed E-state index contributed by atoms with van der Waals surface area (Å²) >= 11 is 1.75. The Morgan fingerprint density at radius 3 is 2.79 bits per heavy atom. The molecule has 0 aromatic heterocycles. The van der Waals surface area contributed by atoms with Crippen LogP contribution in [0.25, 0.3) is 0 Å². The molecule has 0 unspecified atom stereocenters. The third-order valence-electron chi connectivity index (χ3n) is 3.26. The zero-order chi connectivity index (χ0) is 13.9. The third kappa shape index (κ3) is 9.30. The molecule has 2 N–H and O–H groups in total. The minimum absolute atomic E-state index is 0.189. The second-order valence-electron chi connectivity index (χ2n) is 5.53. The molecule has 0 spiro atoms. The van der Waals surface area contributed by atoms with Gasteiger partial charge >= 0.3 is 0 Å². The third-order valence-corrected chi connectivity index (χ3v) is 4.25. The lowest BCUT2D eigenvalue weighted by molar-refractivity contribution is -0.118. The number of thioether (sulfide) groups is 1. The first kappa shape index (κ1) is 16.8. The second-order valence-corrected chi connectivity index (χ2v) is 6.64. The van der Waals surface area contributed by atoms with E-state index in [-0.39, 0.29) is 5.91 Å². The van der Waals surface area contributed by atoms with Gasteiger partial charge in [0.2, 0.25) is 5.91 Å². The predicted octanol–water partition coefficient (Wildman–Crippen LogP) is 1.18. The summed E-state index contributed by atoms with van der Waals surface area (Å²) < 4.78 is 0. The summed E-state index contributed by atoms with van der Waals surface area (Å²) in [6.07, 6.45) is 2.25. The summed E-state index contributed by atoms with van der Waals surface area (Å²) in [6, 6.07) is 0. The monoisotopic (exact) mass is 287 g/mol. The van der Waals surface area contributed by atoms with E-state index >= 15 is 0 Å². The Labute approximate surface area is 122 Å².